The number of halogens is 1. The molecule has 2 amide bonds. The topological polar surface area (TPSA) is 94.2 Å². The lowest BCUT2D eigenvalue weighted by Gasteiger charge is -2.15. The molecule has 0 spiro atoms. The van der Waals surface area contributed by atoms with E-state index in [1.807, 2.05) is 79.7 Å². The lowest BCUT2D eigenvalue weighted by Crippen LogP contribution is -2.31. The molecule has 33 heavy (non-hydrogen) atoms. The van der Waals surface area contributed by atoms with Crippen LogP contribution in [0.25, 0.3) is 16.9 Å². The zero-order valence-corrected chi connectivity index (χ0v) is 19.0. The van der Waals surface area contributed by atoms with Crippen molar-refractivity contribution in [2.24, 2.45) is 0 Å². The highest BCUT2D eigenvalue weighted by molar-refractivity contribution is 6.32. The Morgan fingerprint density at radius 2 is 1.70 bits per heavy atom. The third-order valence-electron chi connectivity index (χ3n) is 5.25. The first kappa shape index (κ1) is 22.2. The molecule has 7 nitrogen and oxygen atoms in total. The molecule has 4 aromatic rings. The van der Waals surface area contributed by atoms with Gasteiger partial charge in [0.1, 0.15) is 17.1 Å². The molecule has 0 fully saturated rings. The number of hydrogen-bond acceptors (Lipinski definition) is 4. The van der Waals surface area contributed by atoms with Crippen LogP contribution in [0.2, 0.25) is 5.02 Å². The molecule has 0 aliphatic carbocycles. The van der Waals surface area contributed by atoms with Crippen LogP contribution in [0.4, 0.5) is 16.3 Å². The Morgan fingerprint density at radius 1 is 1.03 bits per heavy atom. The van der Waals surface area contributed by atoms with Crippen molar-refractivity contribution in [2.45, 2.75) is 13.0 Å². The van der Waals surface area contributed by atoms with E-state index in [4.69, 9.17) is 22.1 Å². The number of carbonyl (C=O) groups is 1. The Bertz CT molecular complexity index is 1260. The summed E-state index contributed by atoms with van der Waals surface area (Å²) in [5, 5.41) is 11.0. The van der Waals surface area contributed by atoms with Crippen LogP contribution in [0, 0.1) is 0 Å². The van der Waals surface area contributed by atoms with Gasteiger partial charge in [-0.2, -0.15) is 5.10 Å². The molecule has 0 saturated carbocycles. The van der Waals surface area contributed by atoms with Crippen LogP contribution in [0.1, 0.15) is 18.5 Å². The number of urea groups is 1. The third kappa shape index (κ3) is 4.78. The number of methoxy groups -OCH3 is 1. The first-order chi connectivity index (χ1) is 16.0. The van der Waals surface area contributed by atoms with E-state index in [1.54, 1.807) is 13.2 Å². The molecular formula is C25H24ClN5O2. The van der Waals surface area contributed by atoms with E-state index in [2.05, 4.69) is 15.7 Å². The van der Waals surface area contributed by atoms with Crippen molar-refractivity contribution in [2.75, 3.05) is 18.2 Å². The number of ether oxygens (including phenoxy) is 1. The van der Waals surface area contributed by atoms with E-state index < -0.39 is 6.03 Å². The molecule has 4 rings (SSSR count). The van der Waals surface area contributed by atoms with Gasteiger partial charge in [0, 0.05) is 5.56 Å². The maximum Gasteiger partial charge on any atom is 0.319 e. The molecule has 0 aliphatic rings. The average Bonchev–Trinajstić information content (AvgIpc) is 3.15. The second kappa shape index (κ2) is 9.67. The molecule has 3 aromatic carbocycles. The summed E-state index contributed by atoms with van der Waals surface area (Å²) in [5.74, 6) is 0.970. The minimum atomic E-state index is -0.397. The molecule has 4 N–H and O–H groups in total. The quantitative estimate of drug-likeness (QED) is 0.345. The van der Waals surface area contributed by atoms with Crippen LogP contribution < -0.4 is 21.1 Å². The number of nitrogen functional groups attached to an aromatic ring is 1. The van der Waals surface area contributed by atoms with Gasteiger partial charge in [-0.1, -0.05) is 54.1 Å². The minimum Gasteiger partial charge on any atom is -0.497 e. The highest BCUT2D eigenvalue weighted by Gasteiger charge is 2.22. The van der Waals surface area contributed by atoms with Crippen molar-refractivity contribution >= 4 is 29.1 Å². The largest absolute Gasteiger partial charge is 0.497 e. The lowest BCUT2D eigenvalue weighted by atomic mass is 10.1. The number of aromatic nitrogens is 2. The Hall–Kier alpha value is -3.97. The number of nitrogens with one attached hydrogen (secondary N) is 2. The van der Waals surface area contributed by atoms with Crippen molar-refractivity contribution < 1.29 is 9.53 Å². The summed E-state index contributed by atoms with van der Waals surface area (Å²) in [6.07, 6.45) is 0. The summed E-state index contributed by atoms with van der Waals surface area (Å²) in [6.45, 7) is 1.91. The number of hydrogen-bond donors (Lipinski definition) is 3. The number of carbonyl (C=O) groups excluding carboxylic acids is 1. The second-order valence-corrected chi connectivity index (χ2v) is 7.84. The lowest BCUT2D eigenvalue weighted by molar-refractivity contribution is 0.249. The number of nitrogens with zero attached hydrogens (tertiary/aromatic N) is 2. The first-order valence-corrected chi connectivity index (χ1v) is 10.8. The van der Waals surface area contributed by atoms with E-state index in [0.29, 0.717) is 27.8 Å². The van der Waals surface area contributed by atoms with Gasteiger partial charge in [0.15, 0.2) is 5.82 Å². The van der Waals surface area contributed by atoms with E-state index >= 15 is 0 Å². The monoisotopic (exact) mass is 461 g/mol. The summed E-state index contributed by atoms with van der Waals surface area (Å²) < 4.78 is 6.78. The fraction of sp³-hybridized carbons (Fsp3) is 0.120. The van der Waals surface area contributed by atoms with Crippen molar-refractivity contribution in [1.82, 2.24) is 15.1 Å². The van der Waals surface area contributed by atoms with Crippen molar-refractivity contribution in [3.63, 3.8) is 0 Å². The van der Waals surface area contributed by atoms with Gasteiger partial charge in [0.05, 0.1) is 23.9 Å². The number of para-hydroxylation sites is 1. The zero-order valence-electron chi connectivity index (χ0n) is 18.2. The molecular weight excluding hydrogens is 438 g/mol. The standard InChI is InChI=1S/C25H24ClN5O2/c1-16(17-8-4-3-5-9-17)28-25(32)29-23-22(18-12-14-19(33-2)15-13-18)30-31(24(23)27)21-11-7-6-10-20(21)26/h3-16H,27H2,1-2H3,(H2,28,29,32). The van der Waals surface area contributed by atoms with E-state index in [-0.39, 0.29) is 11.9 Å². The van der Waals surface area contributed by atoms with Gasteiger partial charge in [-0.25, -0.2) is 9.48 Å². The van der Waals surface area contributed by atoms with Crippen LogP contribution in [-0.2, 0) is 0 Å². The van der Waals surface area contributed by atoms with Crippen LogP contribution >= 0.6 is 11.6 Å². The Morgan fingerprint density at radius 3 is 2.36 bits per heavy atom. The predicted octanol–water partition coefficient (Wildman–Crippen LogP) is 5.67. The molecule has 0 bridgehead atoms. The smallest absolute Gasteiger partial charge is 0.319 e. The van der Waals surface area contributed by atoms with Gasteiger partial charge >= 0.3 is 6.03 Å². The molecule has 1 heterocycles. The fourth-order valence-corrected chi connectivity index (χ4v) is 3.70. The number of rotatable bonds is 6. The Kier molecular flexibility index (Phi) is 6.51. The van der Waals surface area contributed by atoms with Gasteiger partial charge < -0.3 is 21.1 Å². The number of amides is 2. The zero-order chi connectivity index (χ0) is 23.4. The van der Waals surface area contributed by atoms with Crippen LogP contribution in [0.3, 0.4) is 0 Å². The second-order valence-electron chi connectivity index (χ2n) is 7.43. The summed E-state index contributed by atoms with van der Waals surface area (Å²) in [7, 11) is 1.60. The molecule has 0 aliphatic heterocycles. The van der Waals surface area contributed by atoms with Crippen LogP contribution in [0.5, 0.6) is 5.75 Å². The van der Waals surface area contributed by atoms with E-state index in [9.17, 15) is 4.79 Å². The SMILES string of the molecule is COc1ccc(-c2nn(-c3ccccc3Cl)c(N)c2NC(=O)NC(C)c2ccccc2)cc1. The van der Waals surface area contributed by atoms with Crippen LogP contribution in [0.15, 0.2) is 78.9 Å². The number of anilines is 2. The van der Waals surface area contributed by atoms with Gasteiger partial charge in [-0.3, -0.25) is 0 Å². The van der Waals surface area contributed by atoms with Gasteiger partial charge in [-0.05, 0) is 48.9 Å². The van der Waals surface area contributed by atoms with Gasteiger partial charge in [0.25, 0.3) is 0 Å². The Labute approximate surface area is 197 Å². The molecule has 1 unspecified atom stereocenters. The van der Waals surface area contributed by atoms with Crippen LogP contribution in [-0.4, -0.2) is 22.9 Å². The van der Waals surface area contributed by atoms with Crippen molar-refractivity contribution in [3.8, 4) is 22.7 Å². The summed E-state index contributed by atoms with van der Waals surface area (Å²) in [6, 6.07) is 23.7. The molecule has 1 aromatic heterocycles. The minimum absolute atomic E-state index is 0.199. The first-order valence-electron chi connectivity index (χ1n) is 10.4. The van der Waals surface area contributed by atoms with Gasteiger partial charge in [0.2, 0.25) is 0 Å². The number of nitrogens with two attached hydrogens (primary N) is 1. The van der Waals surface area contributed by atoms with Crippen molar-refractivity contribution in [1.29, 1.82) is 0 Å². The molecule has 168 valence electrons. The van der Waals surface area contributed by atoms with E-state index in [0.717, 1.165) is 11.1 Å². The molecule has 0 saturated heterocycles. The van der Waals surface area contributed by atoms with Gasteiger partial charge in [-0.15, -0.1) is 0 Å². The normalized spacial score (nSPS) is 11.6. The van der Waals surface area contributed by atoms with E-state index in [1.165, 1.54) is 4.68 Å². The maximum absolute atomic E-state index is 12.9. The highest BCUT2D eigenvalue weighted by atomic mass is 35.5. The third-order valence-corrected chi connectivity index (χ3v) is 5.57. The van der Waals surface area contributed by atoms with Crippen molar-refractivity contribution in [3.05, 3.63) is 89.4 Å². The summed E-state index contributed by atoms with van der Waals surface area (Å²) in [5.41, 5.74) is 9.72. The average molecular weight is 462 g/mol. The number of benzene rings is 3. The maximum atomic E-state index is 12.9. The predicted molar refractivity (Wildman–Crippen MR) is 132 cm³/mol. The fourth-order valence-electron chi connectivity index (χ4n) is 3.48. The Balaban J connectivity index is 1.70. The summed E-state index contributed by atoms with van der Waals surface area (Å²) in [4.78, 5) is 12.9. The molecule has 0 radical (unpaired) electrons. The highest BCUT2D eigenvalue weighted by Crippen LogP contribution is 2.36. The molecule has 8 heteroatoms. The summed E-state index contributed by atoms with van der Waals surface area (Å²) >= 11 is 6.39. The molecule has 1 atom stereocenters.